The summed E-state index contributed by atoms with van der Waals surface area (Å²) in [6.45, 7) is 2.54. The first-order chi connectivity index (χ1) is 17.0. The molecule has 1 atom stereocenters. The summed E-state index contributed by atoms with van der Waals surface area (Å²) in [5.41, 5.74) is 0.961. The smallest absolute Gasteiger partial charge is 0.348 e. The molecule has 3 aromatic rings. The number of rotatable bonds is 5. The Morgan fingerprint density at radius 2 is 1.57 bits per heavy atom. The summed E-state index contributed by atoms with van der Waals surface area (Å²) < 4.78 is 6.64. The molecule has 178 valence electrons. The Kier molecular flexibility index (Phi) is 5.16. The van der Waals surface area contributed by atoms with E-state index in [1.165, 1.54) is 0 Å². The Morgan fingerprint density at radius 1 is 0.971 bits per heavy atom. The first-order valence-corrected chi connectivity index (χ1v) is 12.0. The molecule has 1 amide bonds. The first kappa shape index (κ1) is 21.9. The minimum absolute atomic E-state index is 0.154. The molecule has 0 spiro atoms. The van der Waals surface area contributed by atoms with Crippen LogP contribution < -0.4 is 5.32 Å². The van der Waals surface area contributed by atoms with Crippen LogP contribution in [0.5, 0.6) is 0 Å². The summed E-state index contributed by atoms with van der Waals surface area (Å²) in [5.74, 6) is -0.283. The van der Waals surface area contributed by atoms with Gasteiger partial charge in [-0.15, -0.1) is 0 Å². The number of carbonyl (C=O) groups excluding carboxylic acids is 2. The van der Waals surface area contributed by atoms with Gasteiger partial charge in [0.25, 0.3) is 5.91 Å². The summed E-state index contributed by atoms with van der Waals surface area (Å²) in [6.07, 6.45) is 4.56. The standard InChI is InChI=1S/C27H26N4O4/c32-24(30-26-28-12-5-13-29-26)17-31-14-10-18(11-15-31)23(16-31)35-25(33)27(34)21-8-3-1-6-19(21)20-7-2-4-9-22(20)27/h1-9,12-13,18,23,34H,10-11,14-17H2/p+1/t18?,23-,31?/m0/s1. The number of aliphatic hydroxyl groups is 1. The van der Waals surface area contributed by atoms with Crippen molar-refractivity contribution in [1.29, 1.82) is 0 Å². The van der Waals surface area contributed by atoms with Crippen LogP contribution in [0.25, 0.3) is 11.1 Å². The quantitative estimate of drug-likeness (QED) is 0.438. The molecule has 4 heterocycles. The normalized spacial score (nSPS) is 25.4. The van der Waals surface area contributed by atoms with E-state index in [1.54, 1.807) is 30.6 Å². The largest absolute Gasteiger partial charge is 0.453 e. The van der Waals surface area contributed by atoms with Crippen LogP contribution in [-0.2, 0) is 19.9 Å². The summed E-state index contributed by atoms with van der Waals surface area (Å²) in [4.78, 5) is 34.5. The lowest BCUT2D eigenvalue weighted by Crippen LogP contribution is -2.66. The van der Waals surface area contributed by atoms with Gasteiger partial charge < -0.3 is 14.3 Å². The van der Waals surface area contributed by atoms with E-state index in [9.17, 15) is 14.7 Å². The van der Waals surface area contributed by atoms with Gasteiger partial charge in [0.2, 0.25) is 11.5 Å². The monoisotopic (exact) mass is 471 g/mol. The Morgan fingerprint density at radius 3 is 2.20 bits per heavy atom. The van der Waals surface area contributed by atoms with E-state index in [4.69, 9.17) is 4.74 Å². The number of quaternary nitrogens is 1. The summed E-state index contributed by atoms with van der Waals surface area (Å²) in [6, 6.07) is 16.6. The highest BCUT2D eigenvalue weighted by Crippen LogP contribution is 2.48. The van der Waals surface area contributed by atoms with Crippen molar-refractivity contribution in [1.82, 2.24) is 9.97 Å². The van der Waals surface area contributed by atoms with Gasteiger partial charge in [0.1, 0.15) is 6.54 Å². The zero-order valence-corrected chi connectivity index (χ0v) is 19.3. The average molecular weight is 472 g/mol. The predicted molar refractivity (Wildman–Crippen MR) is 128 cm³/mol. The maximum atomic E-state index is 13.6. The minimum atomic E-state index is -1.84. The number of nitrogens with one attached hydrogen (secondary N) is 1. The number of fused-ring (bicyclic) bond motifs is 6. The highest BCUT2D eigenvalue weighted by molar-refractivity contribution is 5.96. The number of benzene rings is 2. The van der Waals surface area contributed by atoms with Crippen molar-refractivity contribution < 1.29 is 23.9 Å². The van der Waals surface area contributed by atoms with Crippen LogP contribution in [-0.4, -0.2) is 63.7 Å². The van der Waals surface area contributed by atoms with Gasteiger partial charge in [-0.25, -0.2) is 14.8 Å². The molecule has 4 aliphatic rings. The SMILES string of the molecule is O=C(C[N+]12CCC(CC1)[C@@H](OC(=O)C1(O)c3ccccc3-c3ccccc31)C2)Nc1ncccn1. The summed E-state index contributed by atoms with van der Waals surface area (Å²) >= 11 is 0. The Hall–Kier alpha value is -3.62. The van der Waals surface area contributed by atoms with Crippen molar-refractivity contribution in [3.8, 4) is 11.1 Å². The Bertz CT molecular complexity index is 1240. The van der Waals surface area contributed by atoms with E-state index < -0.39 is 11.6 Å². The number of carbonyl (C=O) groups is 2. The second kappa shape index (κ2) is 8.25. The van der Waals surface area contributed by atoms with Crippen LogP contribution in [0.15, 0.2) is 67.0 Å². The van der Waals surface area contributed by atoms with Crippen LogP contribution in [0.3, 0.4) is 0 Å². The number of hydrogen-bond acceptors (Lipinski definition) is 6. The third-order valence-electron chi connectivity index (χ3n) is 7.82. The van der Waals surface area contributed by atoms with Gasteiger partial charge in [-0.3, -0.25) is 10.1 Å². The number of ether oxygens (including phenoxy) is 1. The molecule has 0 radical (unpaired) electrons. The van der Waals surface area contributed by atoms with Gasteiger partial charge >= 0.3 is 5.97 Å². The van der Waals surface area contributed by atoms with E-state index >= 15 is 0 Å². The number of aromatic nitrogens is 2. The Balaban J connectivity index is 1.22. The van der Waals surface area contributed by atoms with Crippen LogP contribution in [0.4, 0.5) is 5.95 Å². The molecule has 0 saturated carbocycles. The van der Waals surface area contributed by atoms with Crippen molar-refractivity contribution in [2.24, 2.45) is 5.92 Å². The average Bonchev–Trinajstić information content (AvgIpc) is 3.15. The molecule has 8 nitrogen and oxygen atoms in total. The van der Waals surface area contributed by atoms with Crippen LogP contribution >= 0.6 is 0 Å². The molecule has 8 heteroatoms. The number of nitrogens with zero attached hydrogens (tertiary/aromatic N) is 3. The molecule has 1 aromatic heterocycles. The molecule has 2 N–H and O–H groups in total. The van der Waals surface area contributed by atoms with Crippen LogP contribution in [0.2, 0.25) is 0 Å². The molecule has 1 aliphatic carbocycles. The topological polar surface area (TPSA) is 101 Å². The third kappa shape index (κ3) is 3.61. The molecule has 3 aliphatic heterocycles. The maximum Gasteiger partial charge on any atom is 0.348 e. The van der Waals surface area contributed by atoms with Gasteiger partial charge in [-0.05, 0) is 17.2 Å². The van der Waals surface area contributed by atoms with E-state index in [0.717, 1.165) is 37.1 Å². The number of anilines is 1. The maximum absolute atomic E-state index is 13.6. The lowest BCUT2D eigenvalue weighted by molar-refractivity contribution is -0.939. The molecule has 0 unspecified atom stereocenters. The van der Waals surface area contributed by atoms with Crippen molar-refractivity contribution in [3.05, 3.63) is 78.1 Å². The van der Waals surface area contributed by atoms with Crippen molar-refractivity contribution in [3.63, 3.8) is 0 Å². The number of hydrogen-bond donors (Lipinski definition) is 2. The van der Waals surface area contributed by atoms with E-state index in [2.05, 4.69) is 15.3 Å². The van der Waals surface area contributed by atoms with Crippen LogP contribution in [0, 0.1) is 5.92 Å². The lowest BCUT2D eigenvalue weighted by Gasteiger charge is -2.51. The zero-order valence-electron chi connectivity index (χ0n) is 19.3. The highest BCUT2D eigenvalue weighted by Gasteiger charge is 2.53. The fourth-order valence-corrected chi connectivity index (χ4v) is 6.06. The van der Waals surface area contributed by atoms with Crippen molar-refractivity contribution in [2.45, 2.75) is 24.5 Å². The van der Waals surface area contributed by atoms with Gasteiger partial charge in [0, 0.05) is 42.3 Å². The summed E-state index contributed by atoms with van der Waals surface area (Å²) in [5, 5.41) is 14.6. The second-order valence-corrected chi connectivity index (χ2v) is 9.83. The van der Waals surface area contributed by atoms with Crippen molar-refractivity contribution >= 4 is 17.8 Å². The number of piperidine rings is 3. The fraction of sp³-hybridized carbons (Fsp3) is 0.333. The van der Waals surface area contributed by atoms with Crippen molar-refractivity contribution in [2.75, 3.05) is 31.5 Å². The molecular weight excluding hydrogens is 444 g/mol. The molecule has 7 rings (SSSR count). The number of esters is 1. The first-order valence-electron chi connectivity index (χ1n) is 12.0. The highest BCUT2D eigenvalue weighted by atomic mass is 16.6. The summed E-state index contributed by atoms with van der Waals surface area (Å²) in [7, 11) is 0. The molecule has 35 heavy (non-hydrogen) atoms. The zero-order chi connectivity index (χ0) is 24.0. The molecule has 2 aromatic carbocycles. The fourth-order valence-electron chi connectivity index (χ4n) is 6.06. The van der Waals surface area contributed by atoms with E-state index in [1.807, 2.05) is 36.4 Å². The van der Waals surface area contributed by atoms with E-state index in [-0.39, 0.29) is 30.4 Å². The molecule has 3 saturated heterocycles. The van der Waals surface area contributed by atoms with Gasteiger partial charge in [-0.1, -0.05) is 48.5 Å². The van der Waals surface area contributed by atoms with Gasteiger partial charge in [0.15, 0.2) is 12.6 Å². The predicted octanol–water partition coefficient (Wildman–Crippen LogP) is 2.48. The van der Waals surface area contributed by atoms with Gasteiger partial charge in [0.05, 0.1) is 13.1 Å². The third-order valence-corrected chi connectivity index (χ3v) is 7.82. The molecular formula is C27H27N4O4+. The Labute approximate surface area is 203 Å². The molecule has 3 fully saturated rings. The minimum Gasteiger partial charge on any atom is -0.453 e. The second-order valence-electron chi connectivity index (χ2n) is 9.83. The van der Waals surface area contributed by atoms with Gasteiger partial charge in [-0.2, -0.15) is 0 Å². The molecule has 2 bridgehead atoms. The van der Waals surface area contributed by atoms with Crippen LogP contribution in [0.1, 0.15) is 24.0 Å². The lowest BCUT2D eigenvalue weighted by atomic mass is 9.82. The number of amides is 1. The van der Waals surface area contributed by atoms with E-state index in [0.29, 0.717) is 22.2 Å².